The van der Waals surface area contributed by atoms with Crippen molar-refractivity contribution in [2.75, 3.05) is 13.1 Å². The Hall–Kier alpha value is -0.690. The summed E-state index contributed by atoms with van der Waals surface area (Å²) in [4.78, 5) is 2.28. The Morgan fingerprint density at radius 2 is 2.15 bits per heavy atom. The van der Waals surface area contributed by atoms with Crippen molar-refractivity contribution < 1.29 is 0 Å². The highest BCUT2D eigenvalue weighted by atomic mass is 35.5. The second-order valence-electron chi connectivity index (χ2n) is 3.61. The molecule has 0 bridgehead atoms. The molecule has 0 aromatic rings. The first-order valence-corrected chi connectivity index (χ1v) is 4.93. The van der Waals surface area contributed by atoms with Crippen molar-refractivity contribution in [2.45, 2.75) is 13.3 Å². The summed E-state index contributed by atoms with van der Waals surface area (Å²) in [6.07, 6.45) is 4.97. The van der Waals surface area contributed by atoms with Gasteiger partial charge in [-0.05, 0) is 24.5 Å². The summed E-state index contributed by atoms with van der Waals surface area (Å²) in [6.45, 7) is 12.1. The van der Waals surface area contributed by atoms with Crippen molar-refractivity contribution >= 4 is 11.6 Å². The molecule has 1 heterocycles. The van der Waals surface area contributed by atoms with E-state index >= 15 is 0 Å². The van der Waals surface area contributed by atoms with Gasteiger partial charge in [0.1, 0.15) is 0 Å². The van der Waals surface area contributed by atoms with Crippen molar-refractivity contribution in [2.24, 2.45) is 5.92 Å². The van der Waals surface area contributed by atoms with Gasteiger partial charge in [-0.15, -0.1) is 0 Å². The second kappa shape index (κ2) is 4.52. The molecule has 13 heavy (non-hydrogen) atoms. The molecule has 0 spiro atoms. The molecular formula is C11H16ClN. The summed E-state index contributed by atoms with van der Waals surface area (Å²) in [5.74, 6) is 0.782. The zero-order valence-corrected chi connectivity index (χ0v) is 8.85. The molecule has 1 fully saturated rings. The van der Waals surface area contributed by atoms with Crippen LogP contribution in [0.1, 0.15) is 13.3 Å². The van der Waals surface area contributed by atoms with E-state index in [1.165, 1.54) is 6.42 Å². The van der Waals surface area contributed by atoms with Gasteiger partial charge in [-0.3, -0.25) is 0 Å². The van der Waals surface area contributed by atoms with E-state index in [0.717, 1.165) is 24.7 Å². The lowest BCUT2D eigenvalue weighted by Gasteiger charge is -2.17. The quantitative estimate of drug-likeness (QED) is 0.629. The number of likely N-dealkylation sites (tertiary alicyclic amines) is 1. The van der Waals surface area contributed by atoms with Gasteiger partial charge in [-0.25, -0.2) is 0 Å². The Labute approximate surface area is 85.4 Å². The van der Waals surface area contributed by atoms with E-state index in [4.69, 9.17) is 11.6 Å². The fraction of sp³-hybridized carbons (Fsp3) is 0.455. The lowest BCUT2D eigenvalue weighted by atomic mass is 10.2. The molecule has 1 unspecified atom stereocenters. The van der Waals surface area contributed by atoms with Crippen molar-refractivity contribution in [3.8, 4) is 0 Å². The zero-order valence-electron chi connectivity index (χ0n) is 8.09. The van der Waals surface area contributed by atoms with E-state index < -0.39 is 0 Å². The van der Waals surface area contributed by atoms with Crippen LogP contribution in [0, 0.1) is 5.92 Å². The Balaban J connectivity index is 2.44. The summed E-state index contributed by atoms with van der Waals surface area (Å²) in [6, 6.07) is 0. The Kier molecular flexibility index (Phi) is 3.61. The van der Waals surface area contributed by atoms with Gasteiger partial charge in [0, 0.05) is 23.8 Å². The molecule has 0 saturated carbocycles. The van der Waals surface area contributed by atoms with Crippen LogP contribution in [0.2, 0.25) is 0 Å². The minimum atomic E-state index is 0.549. The van der Waals surface area contributed by atoms with E-state index in [1.807, 2.05) is 6.08 Å². The topological polar surface area (TPSA) is 3.24 Å². The maximum atomic E-state index is 5.62. The minimum absolute atomic E-state index is 0.549. The van der Waals surface area contributed by atoms with E-state index in [0.29, 0.717) is 5.03 Å². The molecule has 72 valence electrons. The summed E-state index contributed by atoms with van der Waals surface area (Å²) in [5, 5.41) is 0.549. The normalized spacial score (nSPS) is 22.6. The molecule has 0 aromatic heterocycles. The molecule has 0 aromatic carbocycles. The monoisotopic (exact) mass is 197 g/mol. The van der Waals surface area contributed by atoms with Gasteiger partial charge in [0.05, 0.1) is 0 Å². The molecule has 1 aliphatic heterocycles. The number of halogens is 1. The van der Waals surface area contributed by atoms with Gasteiger partial charge in [-0.1, -0.05) is 31.7 Å². The molecule has 2 heteroatoms. The van der Waals surface area contributed by atoms with Crippen LogP contribution >= 0.6 is 11.6 Å². The minimum Gasteiger partial charge on any atom is -0.372 e. The number of hydrogen-bond acceptors (Lipinski definition) is 1. The molecule has 0 radical (unpaired) electrons. The third-order valence-electron chi connectivity index (χ3n) is 2.29. The van der Waals surface area contributed by atoms with Crippen molar-refractivity contribution in [1.82, 2.24) is 4.90 Å². The maximum Gasteiger partial charge on any atom is 0.0334 e. The average Bonchev–Trinajstić information content (AvgIpc) is 2.47. The van der Waals surface area contributed by atoms with E-state index in [2.05, 4.69) is 25.0 Å². The molecule has 1 saturated heterocycles. The predicted octanol–water partition coefficient (Wildman–Crippen LogP) is 3.15. The molecule has 1 aliphatic rings. The van der Waals surface area contributed by atoms with E-state index in [1.54, 1.807) is 6.08 Å². The smallest absolute Gasteiger partial charge is 0.0334 e. The average molecular weight is 198 g/mol. The summed E-state index contributed by atoms with van der Waals surface area (Å²) >= 11 is 5.62. The lowest BCUT2D eigenvalue weighted by Crippen LogP contribution is -2.17. The highest BCUT2D eigenvalue weighted by molar-refractivity contribution is 6.30. The molecule has 0 N–H and O–H groups in total. The number of nitrogens with zero attached hydrogens (tertiary/aromatic N) is 1. The highest BCUT2D eigenvalue weighted by Crippen LogP contribution is 2.19. The van der Waals surface area contributed by atoms with Crippen LogP contribution in [-0.2, 0) is 0 Å². The van der Waals surface area contributed by atoms with Crippen molar-refractivity contribution in [3.05, 3.63) is 36.0 Å². The standard InChI is InChI=1S/C11H16ClN/c1-9-6-7-13(8-9)11(3)5-4-10(2)12/h4-5,9H,2-3,6-8H2,1H3/b5-4-. The molecular weight excluding hydrogens is 182 g/mol. The van der Waals surface area contributed by atoms with Crippen molar-refractivity contribution in [1.29, 1.82) is 0 Å². The Morgan fingerprint density at radius 1 is 1.46 bits per heavy atom. The molecule has 0 amide bonds. The number of hydrogen-bond donors (Lipinski definition) is 0. The van der Waals surface area contributed by atoms with Crippen LogP contribution < -0.4 is 0 Å². The zero-order chi connectivity index (χ0) is 9.84. The van der Waals surface area contributed by atoms with Crippen LogP contribution in [0.15, 0.2) is 36.0 Å². The van der Waals surface area contributed by atoms with Gasteiger partial charge in [0.15, 0.2) is 0 Å². The molecule has 1 nitrogen and oxygen atoms in total. The van der Waals surface area contributed by atoms with Crippen LogP contribution in [0.25, 0.3) is 0 Å². The lowest BCUT2D eigenvalue weighted by molar-refractivity contribution is 0.425. The fourth-order valence-electron chi connectivity index (χ4n) is 1.49. The first kappa shape index (κ1) is 10.4. The second-order valence-corrected chi connectivity index (χ2v) is 4.10. The van der Waals surface area contributed by atoms with Gasteiger partial charge >= 0.3 is 0 Å². The van der Waals surface area contributed by atoms with Crippen LogP contribution in [-0.4, -0.2) is 18.0 Å². The summed E-state index contributed by atoms with van der Waals surface area (Å²) in [5.41, 5.74) is 1.03. The molecule has 0 aliphatic carbocycles. The van der Waals surface area contributed by atoms with Crippen LogP contribution in [0.5, 0.6) is 0 Å². The number of allylic oxidation sites excluding steroid dienone is 3. The van der Waals surface area contributed by atoms with Gasteiger partial charge in [0.25, 0.3) is 0 Å². The maximum absolute atomic E-state index is 5.62. The van der Waals surface area contributed by atoms with Gasteiger partial charge in [0.2, 0.25) is 0 Å². The van der Waals surface area contributed by atoms with Crippen LogP contribution in [0.3, 0.4) is 0 Å². The SMILES string of the molecule is C=C(Cl)/C=C\C(=C)N1CCC(C)C1. The van der Waals surface area contributed by atoms with Gasteiger partial charge in [-0.2, -0.15) is 0 Å². The fourth-order valence-corrected chi connectivity index (χ4v) is 1.55. The molecule has 1 atom stereocenters. The Morgan fingerprint density at radius 3 is 2.62 bits per heavy atom. The van der Waals surface area contributed by atoms with E-state index in [-0.39, 0.29) is 0 Å². The molecule has 1 rings (SSSR count). The first-order chi connectivity index (χ1) is 6.09. The summed E-state index contributed by atoms with van der Waals surface area (Å²) in [7, 11) is 0. The third-order valence-corrected chi connectivity index (χ3v) is 2.41. The largest absolute Gasteiger partial charge is 0.372 e. The van der Waals surface area contributed by atoms with E-state index in [9.17, 15) is 0 Å². The van der Waals surface area contributed by atoms with Crippen molar-refractivity contribution in [3.63, 3.8) is 0 Å². The third kappa shape index (κ3) is 3.27. The Bertz CT molecular complexity index is 242. The van der Waals surface area contributed by atoms with Gasteiger partial charge < -0.3 is 4.90 Å². The van der Waals surface area contributed by atoms with Crippen LogP contribution in [0.4, 0.5) is 0 Å². The predicted molar refractivity (Wildman–Crippen MR) is 58.6 cm³/mol. The first-order valence-electron chi connectivity index (χ1n) is 4.56. The highest BCUT2D eigenvalue weighted by Gasteiger charge is 2.17. The number of rotatable bonds is 3. The summed E-state index contributed by atoms with van der Waals surface area (Å²) < 4.78 is 0.